The van der Waals surface area contributed by atoms with E-state index in [-0.39, 0.29) is 5.92 Å². The van der Waals surface area contributed by atoms with Gasteiger partial charge in [-0.2, -0.15) is 0 Å². The molecule has 0 radical (unpaired) electrons. The molecule has 4 nitrogen and oxygen atoms in total. The second kappa shape index (κ2) is 5.85. The molecule has 0 saturated carbocycles. The Hall–Kier alpha value is -1.52. The lowest BCUT2D eigenvalue weighted by Crippen LogP contribution is -2.36. The number of benzene rings is 1. The van der Waals surface area contributed by atoms with Crippen molar-refractivity contribution in [3.05, 3.63) is 35.0 Å². The molecule has 0 unspecified atom stereocenters. The molecule has 1 aromatic heterocycles. The summed E-state index contributed by atoms with van der Waals surface area (Å²) in [7, 11) is 1.35. The van der Waals surface area contributed by atoms with Crippen molar-refractivity contribution in [2.24, 2.45) is 5.73 Å². The Kier molecular flexibility index (Phi) is 4.35. The van der Waals surface area contributed by atoms with Crippen LogP contribution in [0.4, 0.5) is 0 Å². The van der Waals surface area contributed by atoms with E-state index >= 15 is 0 Å². The van der Waals surface area contributed by atoms with Crippen LogP contribution in [0.15, 0.2) is 24.4 Å². The van der Waals surface area contributed by atoms with Crippen molar-refractivity contribution < 1.29 is 9.53 Å². The van der Waals surface area contributed by atoms with Crippen LogP contribution in [0.5, 0.6) is 0 Å². The van der Waals surface area contributed by atoms with E-state index < -0.39 is 12.0 Å². The number of methoxy groups -OCH3 is 1. The van der Waals surface area contributed by atoms with Crippen LogP contribution < -0.4 is 5.73 Å². The summed E-state index contributed by atoms with van der Waals surface area (Å²) in [5.41, 5.74) is 8.08. The average molecular weight is 295 g/mol. The van der Waals surface area contributed by atoms with Gasteiger partial charge in [-0.25, -0.2) is 0 Å². The lowest BCUT2D eigenvalue weighted by molar-refractivity contribution is -0.142. The molecule has 0 fully saturated rings. The molecule has 20 heavy (non-hydrogen) atoms. The SMILES string of the molecule is CCn1cc([C@@H](C)[C@@H](N)C(=O)OC)c2cc(Cl)ccc21. The van der Waals surface area contributed by atoms with Gasteiger partial charge in [0.1, 0.15) is 6.04 Å². The van der Waals surface area contributed by atoms with E-state index in [4.69, 9.17) is 22.1 Å². The molecule has 1 heterocycles. The van der Waals surface area contributed by atoms with E-state index in [2.05, 4.69) is 11.5 Å². The number of hydrogen-bond acceptors (Lipinski definition) is 3. The predicted octanol–water partition coefficient (Wildman–Crippen LogP) is 2.92. The number of carbonyl (C=O) groups excluding carboxylic acids is 1. The number of hydrogen-bond donors (Lipinski definition) is 1. The van der Waals surface area contributed by atoms with Crippen molar-refractivity contribution in [3.8, 4) is 0 Å². The number of ether oxygens (including phenoxy) is 1. The fourth-order valence-electron chi connectivity index (χ4n) is 2.46. The first-order chi connectivity index (χ1) is 9.49. The number of aromatic nitrogens is 1. The van der Waals surface area contributed by atoms with E-state index in [0.717, 1.165) is 23.0 Å². The molecule has 5 heteroatoms. The lowest BCUT2D eigenvalue weighted by Gasteiger charge is -2.17. The van der Waals surface area contributed by atoms with Crippen molar-refractivity contribution >= 4 is 28.5 Å². The van der Waals surface area contributed by atoms with Crippen LogP contribution in [-0.4, -0.2) is 23.7 Å². The first-order valence-electron chi connectivity index (χ1n) is 6.61. The molecule has 2 N–H and O–H groups in total. The van der Waals surface area contributed by atoms with Gasteiger partial charge in [-0.1, -0.05) is 18.5 Å². The van der Waals surface area contributed by atoms with Gasteiger partial charge in [0, 0.05) is 34.6 Å². The molecule has 1 aromatic carbocycles. The van der Waals surface area contributed by atoms with Crippen molar-refractivity contribution in [3.63, 3.8) is 0 Å². The summed E-state index contributed by atoms with van der Waals surface area (Å²) in [6.45, 7) is 4.85. The maximum Gasteiger partial charge on any atom is 0.323 e. The fourth-order valence-corrected chi connectivity index (χ4v) is 2.63. The zero-order valence-electron chi connectivity index (χ0n) is 11.9. The Morgan fingerprint density at radius 1 is 1.50 bits per heavy atom. The first kappa shape index (κ1) is 14.9. The third-order valence-corrected chi connectivity index (χ3v) is 3.95. The Bertz CT molecular complexity index is 636. The zero-order chi connectivity index (χ0) is 14.9. The maximum atomic E-state index is 11.6. The standard InChI is InChI=1S/C15H19ClN2O2/c1-4-18-8-12(9(2)14(17)15(19)20-3)11-7-10(16)5-6-13(11)18/h5-9,14H,4,17H2,1-3H3/t9-,14-/m1/s1. The maximum absolute atomic E-state index is 11.6. The number of aryl methyl sites for hydroxylation is 1. The van der Waals surface area contributed by atoms with Gasteiger partial charge in [-0.3, -0.25) is 4.79 Å². The predicted molar refractivity (Wildman–Crippen MR) is 81.0 cm³/mol. The van der Waals surface area contributed by atoms with Crippen molar-refractivity contribution in [1.29, 1.82) is 0 Å². The number of rotatable bonds is 4. The van der Waals surface area contributed by atoms with Crippen molar-refractivity contribution in [1.82, 2.24) is 4.57 Å². The van der Waals surface area contributed by atoms with Gasteiger partial charge in [-0.05, 0) is 30.7 Å². The summed E-state index contributed by atoms with van der Waals surface area (Å²) >= 11 is 6.09. The highest BCUT2D eigenvalue weighted by Crippen LogP contribution is 2.31. The van der Waals surface area contributed by atoms with Gasteiger partial charge in [0.05, 0.1) is 7.11 Å². The number of nitrogens with two attached hydrogens (primary N) is 1. The average Bonchev–Trinajstić information content (AvgIpc) is 2.82. The highest BCUT2D eigenvalue weighted by Gasteiger charge is 2.25. The van der Waals surface area contributed by atoms with Crippen LogP contribution in [0, 0.1) is 0 Å². The third-order valence-electron chi connectivity index (χ3n) is 3.72. The fraction of sp³-hybridized carbons (Fsp3) is 0.400. The van der Waals surface area contributed by atoms with Gasteiger partial charge < -0.3 is 15.0 Å². The molecule has 0 spiro atoms. The minimum Gasteiger partial charge on any atom is -0.468 e. The van der Waals surface area contributed by atoms with Gasteiger partial charge >= 0.3 is 5.97 Å². The molecule has 0 saturated heterocycles. The molecular weight excluding hydrogens is 276 g/mol. The smallest absolute Gasteiger partial charge is 0.323 e. The molecule has 0 bridgehead atoms. The number of fused-ring (bicyclic) bond motifs is 1. The third kappa shape index (κ3) is 2.53. The van der Waals surface area contributed by atoms with Crippen LogP contribution in [0.3, 0.4) is 0 Å². The Morgan fingerprint density at radius 2 is 2.20 bits per heavy atom. The minimum atomic E-state index is -0.685. The largest absolute Gasteiger partial charge is 0.468 e. The number of nitrogens with zero attached hydrogens (tertiary/aromatic N) is 1. The monoisotopic (exact) mass is 294 g/mol. The van der Waals surface area contributed by atoms with Gasteiger partial charge in [-0.15, -0.1) is 0 Å². The van der Waals surface area contributed by atoms with Gasteiger partial charge in [0.15, 0.2) is 0 Å². The Morgan fingerprint density at radius 3 is 2.80 bits per heavy atom. The second-order valence-corrected chi connectivity index (χ2v) is 5.31. The molecule has 0 amide bonds. The molecule has 0 aliphatic carbocycles. The molecule has 2 atom stereocenters. The van der Waals surface area contributed by atoms with Crippen LogP contribution >= 0.6 is 11.6 Å². The second-order valence-electron chi connectivity index (χ2n) is 4.87. The number of carbonyl (C=O) groups is 1. The summed E-state index contributed by atoms with van der Waals surface area (Å²) in [6, 6.07) is 5.08. The van der Waals surface area contributed by atoms with Crippen LogP contribution in [0.2, 0.25) is 5.02 Å². The topological polar surface area (TPSA) is 57.2 Å². The van der Waals surface area contributed by atoms with Gasteiger partial charge in [0.25, 0.3) is 0 Å². The summed E-state index contributed by atoms with van der Waals surface area (Å²) in [6.07, 6.45) is 2.04. The summed E-state index contributed by atoms with van der Waals surface area (Å²) in [5.74, 6) is -0.548. The molecule has 2 rings (SSSR count). The first-order valence-corrected chi connectivity index (χ1v) is 6.99. The number of esters is 1. The summed E-state index contributed by atoms with van der Waals surface area (Å²) in [5, 5.41) is 1.71. The normalized spacial score (nSPS) is 14.2. The summed E-state index contributed by atoms with van der Waals surface area (Å²) < 4.78 is 6.85. The van der Waals surface area contributed by atoms with E-state index in [1.807, 2.05) is 31.3 Å². The van der Waals surface area contributed by atoms with Crippen LogP contribution in [0.1, 0.15) is 25.3 Å². The van der Waals surface area contributed by atoms with E-state index in [0.29, 0.717) is 5.02 Å². The Labute approximate surface area is 123 Å². The number of halogens is 1. The van der Waals surface area contributed by atoms with E-state index in [1.165, 1.54) is 7.11 Å². The molecular formula is C15H19ClN2O2. The van der Waals surface area contributed by atoms with E-state index in [1.54, 1.807) is 0 Å². The van der Waals surface area contributed by atoms with Crippen LogP contribution in [-0.2, 0) is 16.1 Å². The molecule has 0 aliphatic rings. The molecule has 2 aromatic rings. The highest BCUT2D eigenvalue weighted by atomic mass is 35.5. The van der Waals surface area contributed by atoms with Crippen LogP contribution in [0.25, 0.3) is 10.9 Å². The van der Waals surface area contributed by atoms with Gasteiger partial charge in [0.2, 0.25) is 0 Å². The van der Waals surface area contributed by atoms with Crippen molar-refractivity contribution in [2.45, 2.75) is 32.4 Å². The minimum absolute atomic E-state index is 0.142. The highest BCUT2D eigenvalue weighted by molar-refractivity contribution is 6.31. The molecule has 0 aliphatic heterocycles. The molecule has 108 valence electrons. The quantitative estimate of drug-likeness (QED) is 0.882. The van der Waals surface area contributed by atoms with Crippen molar-refractivity contribution in [2.75, 3.05) is 7.11 Å². The summed E-state index contributed by atoms with van der Waals surface area (Å²) in [4.78, 5) is 11.6. The Balaban J connectivity index is 2.53. The lowest BCUT2D eigenvalue weighted by atomic mass is 9.93. The zero-order valence-corrected chi connectivity index (χ0v) is 12.6. The van der Waals surface area contributed by atoms with E-state index in [9.17, 15) is 4.79 Å².